The van der Waals surface area contributed by atoms with Gasteiger partial charge in [0.1, 0.15) is 12.0 Å². The molecule has 17 heteroatoms. The number of alkyl halides is 5. The molecule has 0 aliphatic rings. The van der Waals surface area contributed by atoms with Crippen LogP contribution in [0.1, 0.15) is 11.8 Å². The number of halogens is 5. The van der Waals surface area contributed by atoms with Crippen LogP contribution in [0.5, 0.6) is 11.8 Å². The van der Waals surface area contributed by atoms with E-state index in [1.54, 1.807) is 0 Å². The molecule has 4 aromatic heterocycles. The van der Waals surface area contributed by atoms with E-state index in [2.05, 4.69) is 35.0 Å². The number of fused-ring (bicyclic) bond motifs is 1. The van der Waals surface area contributed by atoms with Crippen LogP contribution in [0.3, 0.4) is 0 Å². The van der Waals surface area contributed by atoms with E-state index >= 15 is 0 Å². The minimum absolute atomic E-state index is 0.0219. The van der Waals surface area contributed by atoms with Crippen LogP contribution in [0.2, 0.25) is 0 Å². The van der Waals surface area contributed by atoms with Crippen molar-refractivity contribution in [3.8, 4) is 23.0 Å². The summed E-state index contributed by atoms with van der Waals surface area (Å²) in [5, 5.41) is 11.9. The third kappa shape index (κ3) is 5.22. The molecule has 0 radical (unpaired) electrons. The van der Waals surface area contributed by atoms with Crippen LogP contribution in [0.25, 0.3) is 22.3 Å². The van der Waals surface area contributed by atoms with Gasteiger partial charge in [-0.3, -0.25) is 9.78 Å². The average molecular weight is 500 g/mol. The molecule has 12 nitrogen and oxygen atoms in total. The Balaban J connectivity index is 1.70. The smallest absolute Gasteiger partial charge is 0.422 e. The number of nitrogens with zero attached hydrogens (tertiary/aromatic N) is 6. The summed E-state index contributed by atoms with van der Waals surface area (Å²) in [6.07, 6.45) is -8.07. The van der Waals surface area contributed by atoms with Gasteiger partial charge in [-0.1, -0.05) is 0 Å². The molecule has 0 saturated heterocycles. The molecular formula is C18H13F5N8O4. The van der Waals surface area contributed by atoms with Crippen LogP contribution in [-0.2, 0) is 7.05 Å². The molecule has 0 aliphatic carbocycles. The molecule has 0 amide bonds. The van der Waals surface area contributed by atoms with Gasteiger partial charge in [0.05, 0.1) is 16.6 Å². The molecular weight excluding hydrogens is 487 g/mol. The van der Waals surface area contributed by atoms with Crippen molar-refractivity contribution in [3.05, 3.63) is 51.2 Å². The highest BCUT2D eigenvalue weighted by molar-refractivity contribution is 5.84. The summed E-state index contributed by atoms with van der Waals surface area (Å²) in [6, 6.07) is 2.08. The number of aromatic amines is 2. The summed E-state index contributed by atoms with van der Waals surface area (Å²) in [7, 11) is 1.43. The van der Waals surface area contributed by atoms with Crippen LogP contribution in [-0.4, -0.2) is 59.1 Å². The molecule has 0 aromatic carbocycles. The van der Waals surface area contributed by atoms with Crippen LogP contribution in [0.4, 0.5) is 22.0 Å². The zero-order valence-corrected chi connectivity index (χ0v) is 17.4. The monoisotopic (exact) mass is 500 g/mol. The predicted octanol–water partition coefficient (Wildman–Crippen LogP) is 1.52. The third-order valence-electron chi connectivity index (χ3n) is 4.45. The van der Waals surface area contributed by atoms with Crippen molar-refractivity contribution in [1.29, 1.82) is 0 Å². The lowest BCUT2D eigenvalue weighted by Crippen LogP contribution is -2.22. The van der Waals surface area contributed by atoms with Crippen LogP contribution in [0.15, 0.2) is 34.2 Å². The van der Waals surface area contributed by atoms with Gasteiger partial charge in [0.15, 0.2) is 12.3 Å². The van der Waals surface area contributed by atoms with Gasteiger partial charge in [0.25, 0.3) is 12.0 Å². The Labute approximate surface area is 189 Å². The SMILES string of the molecule is Cn1nc(O[C@@H](c2cc(OCC(F)(F)F)ncn2)C(F)F)c2cc(-c3c[nH]c(=O)[nH]c3=O)nnc21. The normalized spacial score (nSPS) is 12.8. The lowest BCUT2D eigenvalue weighted by atomic mass is 10.2. The van der Waals surface area contributed by atoms with Gasteiger partial charge in [0.2, 0.25) is 17.9 Å². The van der Waals surface area contributed by atoms with Crippen molar-refractivity contribution >= 4 is 11.0 Å². The second kappa shape index (κ2) is 9.07. The highest BCUT2D eigenvalue weighted by Crippen LogP contribution is 2.32. The lowest BCUT2D eigenvalue weighted by Gasteiger charge is -2.17. The minimum atomic E-state index is -4.66. The average Bonchev–Trinajstić information content (AvgIpc) is 3.10. The van der Waals surface area contributed by atoms with Gasteiger partial charge >= 0.3 is 11.9 Å². The van der Waals surface area contributed by atoms with Crippen LogP contribution < -0.4 is 20.7 Å². The van der Waals surface area contributed by atoms with Crippen molar-refractivity contribution < 1.29 is 31.4 Å². The molecule has 184 valence electrons. The maximum absolute atomic E-state index is 13.9. The largest absolute Gasteiger partial charge is 0.468 e. The summed E-state index contributed by atoms with van der Waals surface area (Å²) in [6.45, 7) is -1.68. The maximum atomic E-state index is 13.9. The van der Waals surface area contributed by atoms with Gasteiger partial charge in [-0.05, 0) is 6.07 Å². The quantitative estimate of drug-likeness (QED) is 0.360. The molecule has 0 aliphatic heterocycles. The first-order valence-electron chi connectivity index (χ1n) is 9.51. The van der Waals surface area contributed by atoms with Crippen molar-refractivity contribution in [1.82, 2.24) is 39.9 Å². The first kappa shape index (κ1) is 23.7. The lowest BCUT2D eigenvalue weighted by molar-refractivity contribution is -0.154. The fourth-order valence-electron chi connectivity index (χ4n) is 2.94. The van der Waals surface area contributed by atoms with E-state index in [1.807, 2.05) is 4.98 Å². The second-order valence-corrected chi connectivity index (χ2v) is 6.94. The predicted molar refractivity (Wildman–Crippen MR) is 106 cm³/mol. The Morgan fingerprint density at radius 3 is 2.60 bits per heavy atom. The molecule has 1 atom stereocenters. The Morgan fingerprint density at radius 2 is 1.91 bits per heavy atom. The molecule has 4 rings (SSSR count). The van der Waals surface area contributed by atoms with E-state index < -0.39 is 48.1 Å². The van der Waals surface area contributed by atoms with Gasteiger partial charge in [-0.2, -0.15) is 13.2 Å². The van der Waals surface area contributed by atoms with E-state index in [0.29, 0.717) is 0 Å². The number of nitrogens with one attached hydrogen (secondary N) is 2. The third-order valence-corrected chi connectivity index (χ3v) is 4.45. The molecule has 35 heavy (non-hydrogen) atoms. The highest BCUT2D eigenvalue weighted by Gasteiger charge is 2.31. The number of aryl methyl sites for hydroxylation is 1. The van der Waals surface area contributed by atoms with Crippen LogP contribution >= 0.6 is 0 Å². The molecule has 4 aromatic rings. The zero-order chi connectivity index (χ0) is 25.3. The number of aromatic nitrogens is 8. The summed E-state index contributed by atoms with van der Waals surface area (Å²) in [4.78, 5) is 34.7. The molecule has 4 heterocycles. The van der Waals surface area contributed by atoms with E-state index in [9.17, 15) is 31.5 Å². The molecule has 0 unspecified atom stereocenters. The van der Waals surface area contributed by atoms with Crippen molar-refractivity contribution in [2.45, 2.75) is 18.7 Å². The molecule has 0 saturated carbocycles. The topological polar surface area (TPSA) is 154 Å². The van der Waals surface area contributed by atoms with Crippen molar-refractivity contribution in [2.24, 2.45) is 7.05 Å². The Hall–Kier alpha value is -4.44. The summed E-state index contributed by atoms with van der Waals surface area (Å²) < 4.78 is 76.0. The van der Waals surface area contributed by atoms with Crippen molar-refractivity contribution in [3.63, 3.8) is 0 Å². The van der Waals surface area contributed by atoms with E-state index in [-0.39, 0.29) is 28.2 Å². The maximum Gasteiger partial charge on any atom is 0.422 e. The summed E-state index contributed by atoms with van der Waals surface area (Å²) in [5.74, 6) is -0.931. The van der Waals surface area contributed by atoms with Gasteiger partial charge in [-0.25, -0.2) is 28.2 Å². The van der Waals surface area contributed by atoms with Gasteiger partial charge in [0, 0.05) is 19.3 Å². The number of ether oxygens (including phenoxy) is 2. The highest BCUT2D eigenvalue weighted by atomic mass is 19.4. The van der Waals surface area contributed by atoms with Crippen LogP contribution in [0, 0.1) is 0 Å². The van der Waals surface area contributed by atoms with E-state index in [0.717, 1.165) is 18.6 Å². The molecule has 2 N–H and O–H groups in total. The number of rotatable bonds is 7. The number of H-pyrrole nitrogens is 2. The van der Waals surface area contributed by atoms with E-state index in [4.69, 9.17) is 4.74 Å². The standard InChI is InChI=1S/C18H13F5N8O4/c1-31-14-7(2-9(28-29-14)8-4-24-17(33)27-15(8)32)16(30-31)35-12(13(19)20)10-3-11(26-6-25-10)34-5-18(21,22)23/h2-4,6,12-13H,5H2,1H3,(H2,24,27,32,33)/t12-/m0/s1. The Bertz CT molecular complexity index is 1480. The van der Waals surface area contributed by atoms with Crippen molar-refractivity contribution in [2.75, 3.05) is 6.61 Å². The van der Waals surface area contributed by atoms with Gasteiger partial charge in [-0.15, -0.1) is 15.3 Å². The second-order valence-electron chi connectivity index (χ2n) is 6.94. The Morgan fingerprint density at radius 1 is 1.14 bits per heavy atom. The van der Waals surface area contributed by atoms with E-state index in [1.165, 1.54) is 17.8 Å². The fraction of sp³-hybridized carbons (Fsp3) is 0.278. The minimum Gasteiger partial charge on any atom is -0.468 e. The summed E-state index contributed by atoms with van der Waals surface area (Å²) >= 11 is 0. The van der Waals surface area contributed by atoms with Gasteiger partial charge < -0.3 is 14.5 Å². The molecule has 0 spiro atoms. The fourth-order valence-corrected chi connectivity index (χ4v) is 2.94. The first-order valence-corrected chi connectivity index (χ1v) is 9.51. The Kier molecular flexibility index (Phi) is 6.14. The molecule has 0 fully saturated rings. The first-order chi connectivity index (χ1) is 16.5. The number of hydrogen-bond acceptors (Lipinski definition) is 9. The zero-order valence-electron chi connectivity index (χ0n) is 17.4. The number of hydrogen-bond donors (Lipinski definition) is 2. The molecule has 0 bridgehead atoms. The summed E-state index contributed by atoms with van der Waals surface area (Å²) in [5.41, 5.74) is -1.97.